The Balaban J connectivity index is 2.34. The number of halogens is 2. The molecule has 1 aliphatic rings. The molecule has 0 radical (unpaired) electrons. The van der Waals surface area contributed by atoms with Gasteiger partial charge in [-0.25, -0.2) is 0 Å². The second kappa shape index (κ2) is 10.9. The van der Waals surface area contributed by atoms with Crippen LogP contribution in [0.2, 0.25) is 5.02 Å². The smallest absolute Gasteiger partial charge is 0.247 e. The number of amides is 2. The average molecular weight is 415 g/mol. The Kier molecular flexibility index (Phi) is 8.87. The molecule has 1 aliphatic carbocycles. The highest BCUT2D eigenvalue weighted by molar-refractivity contribution is 6.31. The summed E-state index contributed by atoms with van der Waals surface area (Å²) in [6.07, 6.45) is 4.33. The Hall–Kier alpha value is -1.30. The van der Waals surface area contributed by atoms with E-state index in [2.05, 4.69) is 12.2 Å². The van der Waals surface area contributed by atoms with E-state index in [1.807, 2.05) is 6.07 Å². The Bertz CT molecular complexity index is 641. The van der Waals surface area contributed by atoms with Gasteiger partial charge in [-0.1, -0.05) is 49.6 Å². The fourth-order valence-corrected chi connectivity index (χ4v) is 4.00. The third kappa shape index (κ3) is 5.84. The summed E-state index contributed by atoms with van der Waals surface area (Å²) in [4.78, 5) is 27.3. The van der Waals surface area contributed by atoms with E-state index in [1.54, 1.807) is 25.3 Å². The Morgan fingerprint density at radius 3 is 2.63 bits per heavy atom. The zero-order valence-electron chi connectivity index (χ0n) is 15.9. The van der Waals surface area contributed by atoms with Crippen molar-refractivity contribution < 1.29 is 14.3 Å². The lowest BCUT2D eigenvalue weighted by Gasteiger charge is -2.35. The molecule has 0 aliphatic heterocycles. The van der Waals surface area contributed by atoms with Crippen LogP contribution >= 0.6 is 23.2 Å². The van der Waals surface area contributed by atoms with Crippen LogP contribution in [0.3, 0.4) is 0 Å². The Labute approximate surface area is 171 Å². The minimum Gasteiger partial charge on any atom is -0.383 e. The number of nitrogens with one attached hydrogen (secondary N) is 1. The monoisotopic (exact) mass is 414 g/mol. The van der Waals surface area contributed by atoms with Gasteiger partial charge in [0.15, 0.2) is 0 Å². The summed E-state index contributed by atoms with van der Waals surface area (Å²) < 4.78 is 5.13. The molecule has 2 amide bonds. The topological polar surface area (TPSA) is 58.6 Å². The van der Waals surface area contributed by atoms with Gasteiger partial charge >= 0.3 is 0 Å². The number of hydrogen-bond donors (Lipinski definition) is 1. The van der Waals surface area contributed by atoms with E-state index < -0.39 is 6.04 Å². The lowest BCUT2D eigenvalue weighted by atomic mass is 9.85. The van der Waals surface area contributed by atoms with Crippen molar-refractivity contribution in [3.8, 4) is 0 Å². The van der Waals surface area contributed by atoms with Gasteiger partial charge in [-0.2, -0.15) is 0 Å². The van der Waals surface area contributed by atoms with E-state index in [0.29, 0.717) is 23.1 Å². The molecule has 1 fully saturated rings. The number of carbonyl (C=O) groups excluding carboxylic acids is 2. The molecular formula is C20H28Cl2N2O3. The van der Waals surface area contributed by atoms with Crippen molar-refractivity contribution in [2.75, 3.05) is 26.1 Å². The lowest BCUT2D eigenvalue weighted by Crippen LogP contribution is -2.50. The van der Waals surface area contributed by atoms with Gasteiger partial charge < -0.3 is 15.0 Å². The van der Waals surface area contributed by atoms with Gasteiger partial charge in [0.25, 0.3) is 0 Å². The van der Waals surface area contributed by atoms with Gasteiger partial charge in [-0.15, -0.1) is 11.6 Å². The maximum Gasteiger partial charge on any atom is 0.247 e. The highest BCUT2D eigenvalue weighted by Gasteiger charge is 2.34. The molecule has 5 nitrogen and oxygen atoms in total. The second-order valence-electron chi connectivity index (χ2n) is 7.01. The first-order valence-electron chi connectivity index (χ1n) is 9.38. The minimum absolute atomic E-state index is 0.103. The van der Waals surface area contributed by atoms with Crippen molar-refractivity contribution in [3.05, 3.63) is 34.9 Å². The SMILES string of the molecule is COCCN(C(=O)CCl)[C@H](C(=O)N[C@@H]1CCCC[C@@H]1C)c1ccccc1Cl. The lowest BCUT2D eigenvalue weighted by molar-refractivity contribution is -0.140. The summed E-state index contributed by atoms with van der Waals surface area (Å²) in [5.41, 5.74) is 0.592. The summed E-state index contributed by atoms with van der Waals surface area (Å²) in [5.74, 6) is -0.356. The zero-order valence-corrected chi connectivity index (χ0v) is 17.4. The first-order valence-corrected chi connectivity index (χ1v) is 10.3. The molecule has 0 spiro atoms. The Morgan fingerprint density at radius 1 is 1.30 bits per heavy atom. The third-order valence-corrected chi connectivity index (χ3v) is 5.74. The van der Waals surface area contributed by atoms with Crippen molar-refractivity contribution in [2.24, 2.45) is 5.92 Å². The normalized spacial score (nSPS) is 20.7. The predicted octanol–water partition coefficient (Wildman–Crippen LogP) is 3.79. The summed E-state index contributed by atoms with van der Waals surface area (Å²) in [6.45, 7) is 2.71. The molecule has 7 heteroatoms. The number of benzene rings is 1. The molecule has 0 bridgehead atoms. The number of hydrogen-bond acceptors (Lipinski definition) is 3. The molecule has 1 aromatic rings. The largest absolute Gasteiger partial charge is 0.383 e. The maximum absolute atomic E-state index is 13.3. The summed E-state index contributed by atoms with van der Waals surface area (Å²) in [6, 6.07) is 6.37. The first kappa shape index (κ1) is 22.0. The van der Waals surface area contributed by atoms with Crippen LogP contribution in [0, 0.1) is 5.92 Å². The molecule has 150 valence electrons. The fraction of sp³-hybridized carbons (Fsp3) is 0.600. The van der Waals surface area contributed by atoms with Gasteiger partial charge in [0.05, 0.1) is 6.61 Å². The van der Waals surface area contributed by atoms with Crippen molar-refractivity contribution >= 4 is 35.0 Å². The van der Waals surface area contributed by atoms with Crippen LogP contribution < -0.4 is 5.32 Å². The van der Waals surface area contributed by atoms with Gasteiger partial charge in [0.2, 0.25) is 11.8 Å². The minimum atomic E-state index is -0.839. The molecule has 1 aromatic carbocycles. The zero-order chi connectivity index (χ0) is 19.8. The average Bonchev–Trinajstić information content (AvgIpc) is 2.67. The number of alkyl halides is 1. The Morgan fingerprint density at radius 2 is 2.00 bits per heavy atom. The van der Waals surface area contributed by atoms with Crippen molar-refractivity contribution in [1.29, 1.82) is 0 Å². The number of nitrogens with zero attached hydrogens (tertiary/aromatic N) is 1. The van der Waals surface area contributed by atoms with Gasteiger partial charge in [0.1, 0.15) is 11.9 Å². The van der Waals surface area contributed by atoms with E-state index in [0.717, 1.165) is 19.3 Å². The highest BCUT2D eigenvalue weighted by atomic mass is 35.5. The van der Waals surface area contributed by atoms with Crippen LogP contribution in [0.15, 0.2) is 24.3 Å². The summed E-state index contributed by atoms with van der Waals surface area (Å²) >= 11 is 12.2. The third-order valence-electron chi connectivity index (χ3n) is 5.17. The molecule has 1 saturated carbocycles. The van der Waals surface area contributed by atoms with Gasteiger partial charge in [-0.05, 0) is 24.8 Å². The van der Waals surface area contributed by atoms with Crippen LogP contribution in [0.5, 0.6) is 0 Å². The summed E-state index contributed by atoms with van der Waals surface area (Å²) in [7, 11) is 1.55. The first-order chi connectivity index (χ1) is 13.0. The molecule has 3 atom stereocenters. The van der Waals surface area contributed by atoms with Crippen molar-refractivity contribution in [3.63, 3.8) is 0 Å². The molecule has 0 heterocycles. The molecule has 1 N–H and O–H groups in total. The quantitative estimate of drug-likeness (QED) is 0.658. The van der Waals surface area contributed by atoms with E-state index >= 15 is 0 Å². The number of carbonyl (C=O) groups is 2. The van der Waals surface area contributed by atoms with Gasteiger partial charge in [0, 0.05) is 30.3 Å². The van der Waals surface area contributed by atoms with Gasteiger partial charge in [-0.3, -0.25) is 9.59 Å². The van der Waals surface area contributed by atoms with Crippen LogP contribution in [0.4, 0.5) is 0 Å². The van der Waals surface area contributed by atoms with E-state index in [4.69, 9.17) is 27.9 Å². The number of methoxy groups -OCH3 is 1. The van der Waals surface area contributed by atoms with Crippen molar-refractivity contribution in [2.45, 2.75) is 44.7 Å². The van der Waals surface area contributed by atoms with Crippen LogP contribution in [-0.4, -0.2) is 48.9 Å². The van der Waals surface area contributed by atoms with E-state index in [9.17, 15) is 9.59 Å². The van der Waals surface area contributed by atoms with Crippen LogP contribution in [0.25, 0.3) is 0 Å². The molecule has 0 aromatic heterocycles. The summed E-state index contributed by atoms with van der Waals surface area (Å²) in [5, 5.41) is 3.60. The van der Waals surface area contributed by atoms with E-state index in [1.165, 1.54) is 11.3 Å². The predicted molar refractivity (Wildman–Crippen MR) is 108 cm³/mol. The maximum atomic E-state index is 13.3. The van der Waals surface area contributed by atoms with E-state index in [-0.39, 0.29) is 30.3 Å². The molecule has 0 unspecified atom stereocenters. The fourth-order valence-electron chi connectivity index (χ4n) is 3.60. The highest BCUT2D eigenvalue weighted by Crippen LogP contribution is 2.30. The van der Waals surface area contributed by atoms with Crippen molar-refractivity contribution in [1.82, 2.24) is 10.2 Å². The van der Waals surface area contributed by atoms with Crippen LogP contribution in [0.1, 0.15) is 44.2 Å². The number of ether oxygens (including phenoxy) is 1. The molecule has 2 rings (SSSR count). The second-order valence-corrected chi connectivity index (χ2v) is 7.69. The molecule has 0 saturated heterocycles. The standard InChI is InChI=1S/C20H28Cl2N2O3/c1-14-7-3-6-10-17(14)23-20(26)19(15-8-4-5-9-16(15)22)24(11-12-27-2)18(25)13-21/h4-5,8-9,14,17,19H,3,6-7,10-13H2,1-2H3,(H,23,26)/t14-,17+,19-/m0/s1. The number of rotatable bonds is 8. The molecule has 27 heavy (non-hydrogen) atoms. The molecular weight excluding hydrogens is 387 g/mol. The van der Waals surface area contributed by atoms with Crippen LogP contribution in [-0.2, 0) is 14.3 Å².